The van der Waals surface area contributed by atoms with Crippen molar-refractivity contribution in [2.24, 2.45) is 5.73 Å². The van der Waals surface area contributed by atoms with Gasteiger partial charge in [-0.2, -0.15) is 5.10 Å². The lowest BCUT2D eigenvalue weighted by Crippen LogP contribution is -2.09. The number of benzene rings is 2. The minimum atomic E-state index is 0.125. The highest BCUT2D eigenvalue weighted by Crippen LogP contribution is 2.39. The highest BCUT2D eigenvalue weighted by atomic mass is 15.1. The van der Waals surface area contributed by atoms with Gasteiger partial charge < -0.3 is 11.1 Å². The summed E-state index contributed by atoms with van der Waals surface area (Å²) in [6.45, 7) is 0. The zero-order valence-electron chi connectivity index (χ0n) is 11.0. The molecule has 3 aromatic rings. The standard InChI is InChI=1S/C16H16N4/c17-14-8-16(13-4-2-1-3-12(13)14)19-11-6-5-10-9-18-20-15(10)7-11/h1-7,9,14,16,19H,8,17H2,(H,18,20). The van der Waals surface area contributed by atoms with Gasteiger partial charge in [-0.05, 0) is 35.7 Å². The van der Waals surface area contributed by atoms with Crippen molar-refractivity contribution in [1.82, 2.24) is 10.2 Å². The number of H-pyrrole nitrogens is 1. The number of nitrogens with zero attached hydrogens (tertiary/aromatic N) is 1. The molecule has 4 N–H and O–H groups in total. The molecule has 0 saturated heterocycles. The maximum Gasteiger partial charge on any atom is 0.0670 e. The van der Waals surface area contributed by atoms with Crippen molar-refractivity contribution < 1.29 is 0 Å². The van der Waals surface area contributed by atoms with Crippen LogP contribution in [-0.4, -0.2) is 10.2 Å². The molecule has 2 aromatic carbocycles. The molecule has 0 spiro atoms. The van der Waals surface area contributed by atoms with Gasteiger partial charge in [0.1, 0.15) is 0 Å². The Morgan fingerprint density at radius 1 is 1.15 bits per heavy atom. The van der Waals surface area contributed by atoms with Gasteiger partial charge in [0.15, 0.2) is 0 Å². The molecule has 0 aliphatic heterocycles. The monoisotopic (exact) mass is 264 g/mol. The van der Waals surface area contributed by atoms with E-state index in [0.717, 1.165) is 23.0 Å². The highest BCUT2D eigenvalue weighted by molar-refractivity contribution is 5.81. The summed E-state index contributed by atoms with van der Waals surface area (Å²) in [6.07, 6.45) is 2.76. The van der Waals surface area contributed by atoms with Gasteiger partial charge in [0.2, 0.25) is 0 Å². The van der Waals surface area contributed by atoms with Crippen LogP contribution in [-0.2, 0) is 0 Å². The van der Waals surface area contributed by atoms with Crippen molar-refractivity contribution in [2.45, 2.75) is 18.5 Å². The van der Waals surface area contributed by atoms with Gasteiger partial charge in [0, 0.05) is 17.1 Å². The van der Waals surface area contributed by atoms with Gasteiger partial charge >= 0.3 is 0 Å². The molecule has 4 rings (SSSR count). The zero-order valence-corrected chi connectivity index (χ0v) is 11.0. The van der Waals surface area contributed by atoms with E-state index in [9.17, 15) is 0 Å². The second kappa shape index (κ2) is 4.35. The Labute approximate surface area is 117 Å². The molecule has 100 valence electrons. The first-order chi connectivity index (χ1) is 9.81. The summed E-state index contributed by atoms with van der Waals surface area (Å²) in [5, 5.41) is 11.8. The molecule has 1 aliphatic carbocycles. The Morgan fingerprint density at radius 2 is 2.00 bits per heavy atom. The van der Waals surface area contributed by atoms with Crippen molar-refractivity contribution in [3.05, 3.63) is 59.8 Å². The second-order valence-electron chi connectivity index (χ2n) is 5.34. The van der Waals surface area contributed by atoms with Crippen LogP contribution in [0.3, 0.4) is 0 Å². The van der Waals surface area contributed by atoms with Crippen molar-refractivity contribution in [2.75, 3.05) is 5.32 Å². The summed E-state index contributed by atoms with van der Waals surface area (Å²) in [4.78, 5) is 0. The van der Waals surface area contributed by atoms with E-state index < -0.39 is 0 Å². The van der Waals surface area contributed by atoms with Gasteiger partial charge in [-0.25, -0.2) is 0 Å². The molecule has 0 radical (unpaired) electrons. The Balaban J connectivity index is 1.66. The number of aromatic amines is 1. The third-order valence-corrected chi connectivity index (χ3v) is 4.04. The second-order valence-corrected chi connectivity index (χ2v) is 5.34. The van der Waals surface area contributed by atoms with Crippen LogP contribution >= 0.6 is 0 Å². The predicted octanol–water partition coefficient (Wildman–Crippen LogP) is 3.12. The average molecular weight is 264 g/mol. The highest BCUT2D eigenvalue weighted by Gasteiger charge is 2.27. The van der Waals surface area contributed by atoms with Crippen molar-refractivity contribution in [3.63, 3.8) is 0 Å². The van der Waals surface area contributed by atoms with Crippen LogP contribution in [0.15, 0.2) is 48.7 Å². The third kappa shape index (κ3) is 1.77. The lowest BCUT2D eigenvalue weighted by atomic mass is 10.1. The number of aromatic nitrogens is 2. The summed E-state index contributed by atoms with van der Waals surface area (Å²) in [5.74, 6) is 0. The van der Waals surface area contributed by atoms with Crippen molar-refractivity contribution in [3.8, 4) is 0 Å². The van der Waals surface area contributed by atoms with E-state index in [1.54, 1.807) is 0 Å². The summed E-state index contributed by atoms with van der Waals surface area (Å²) >= 11 is 0. The quantitative estimate of drug-likeness (QED) is 0.666. The minimum Gasteiger partial charge on any atom is -0.378 e. The molecular weight excluding hydrogens is 248 g/mol. The zero-order chi connectivity index (χ0) is 13.5. The normalized spacial score (nSPS) is 21.1. The Hall–Kier alpha value is -2.33. The van der Waals surface area contributed by atoms with Crippen LogP contribution < -0.4 is 11.1 Å². The first-order valence-electron chi connectivity index (χ1n) is 6.85. The van der Waals surface area contributed by atoms with E-state index >= 15 is 0 Å². The first kappa shape index (κ1) is 11.5. The fourth-order valence-corrected chi connectivity index (χ4v) is 3.04. The summed E-state index contributed by atoms with van der Waals surface area (Å²) in [5.41, 5.74) is 10.9. The summed E-state index contributed by atoms with van der Waals surface area (Å²) in [6, 6.07) is 15.1. The molecule has 2 atom stereocenters. The molecule has 20 heavy (non-hydrogen) atoms. The van der Waals surface area contributed by atoms with E-state index in [0.29, 0.717) is 0 Å². The molecule has 4 heteroatoms. The molecule has 1 aromatic heterocycles. The average Bonchev–Trinajstić information content (AvgIpc) is 3.05. The van der Waals surface area contributed by atoms with Gasteiger partial charge in [0.05, 0.1) is 17.8 Å². The fourth-order valence-electron chi connectivity index (χ4n) is 3.04. The Morgan fingerprint density at radius 3 is 2.90 bits per heavy atom. The van der Waals surface area contributed by atoms with Crippen LogP contribution in [0.4, 0.5) is 5.69 Å². The largest absolute Gasteiger partial charge is 0.378 e. The van der Waals surface area contributed by atoms with Crippen LogP contribution in [0.1, 0.15) is 29.6 Å². The van der Waals surface area contributed by atoms with Crippen molar-refractivity contribution in [1.29, 1.82) is 0 Å². The molecule has 0 saturated carbocycles. The summed E-state index contributed by atoms with van der Waals surface area (Å²) in [7, 11) is 0. The van der Waals surface area contributed by atoms with E-state index in [2.05, 4.69) is 58.0 Å². The minimum absolute atomic E-state index is 0.125. The number of anilines is 1. The van der Waals surface area contributed by atoms with E-state index in [4.69, 9.17) is 5.73 Å². The lowest BCUT2D eigenvalue weighted by Gasteiger charge is -2.15. The van der Waals surface area contributed by atoms with Crippen LogP contribution in [0.2, 0.25) is 0 Å². The molecule has 1 heterocycles. The molecule has 1 aliphatic rings. The summed E-state index contributed by atoms with van der Waals surface area (Å²) < 4.78 is 0. The Kier molecular flexibility index (Phi) is 2.50. The number of fused-ring (bicyclic) bond motifs is 2. The van der Waals surface area contributed by atoms with E-state index in [1.807, 2.05) is 6.20 Å². The smallest absolute Gasteiger partial charge is 0.0670 e. The SMILES string of the molecule is NC1CC(Nc2ccc3cn[nH]c3c2)c2ccccc21. The van der Waals surface area contributed by atoms with E-state index in [-0.39, 0.29) is 12.1 Å². The lowest BCUT2D eigenvalue weighted by molar-refractivity contribution is 0.649. The molecule has 2 unspecified atom stereocenters. The molecule has 0 bridgehead atoms. The first-order valence-corrected chi connectivity index (χ1v) is 6.85. The van der Waals surface area contributed by atoms with Crippen LogP contribution in [0.5, 0.6) is 0 Å². The van der Waals surface area contributed by atoms with Gasteiger partial charge in [0.25, 0.3) is 0 Å². The number of hydrogen-bond donors (Lipinski definition) is 3. The number of hydrogen-bond acceptors (Lipinski definition) is 3. The number of nitrogens with one attached hydrogen (secondary N) is 2. The van der Waals surface area contributed by atoms with Gasteiger partial charge in [-0.15, -0.1) is 0 Å². The molecular formula is C16H16N4. The maximum atomic E-state index is 6.21. The van der Waals surface area contributed by atoms with E-state index in [1.165, 1.54) is 11.1 Å². The van der Waals surface area contributed by atoms with Crippen LogP contribution in [0, 0.1) is 0 Å². The number of rotatable bonds is 2. The van der Waals surface area contributed by atoms with Gasteiger partial charge in [-0.3, -0.25) is 5.10 Å². The fraction of sp³-hybridized carbons (Fsp3) is 0.188. The Bertz CT molecular complexity index is 762. The molecule has 0 fully saturated rings. The predicted molar refractivity (Wildman–Crippen MR) is 80.4 cm³/mol. The van der Waals surface area contributed by atoms with Crippen molar-refractivity contribution >= 4 is 16.6 Å². The molecule has 4 nitrogen and oxygen atoms in total. The maximum absolute atomic E-state index is 6.21. The topological polar surface area (TPSA) is 66.7 Å². The third-order valence-electron chi connectivity index (χ3n) is 4.04. The van der Waals surface area contributed by atoms with Crippen LogP contribution in [0.25, 0.3) is 10.9 Å². The van der Waals surface area contributed by atoms with Gasteiger partial charge in [-0.1, -0.05) is 24.3 Å². The number of nitrogens with two attached hydrogens (primary N) is 1. The molecule has 0 amide bonds.